The van der Waals surface area contributed by atoms with Gasteiger partial charge in [-0.2, -0.15) is 0 Å². The highest BCUT2D eigenvalue weighted by Gasteiger charge is 2.10. The highest BCUT2D eigenvalue weighted by Crippen LogP contribution is 2.24. The molecule has 0 radical (unpaired) electrons. The summed E-state index contributed by atoms with van der Waals surface area (Å²) in [6, 6.07) is 9.80. The Morgan fingerprint density at radius 2 is 1.33 bits per heavy atom. The summed E-state index contributed by atoms with van der Waals surface area (Å²) >= 11 is 11.8. The molecule has 2 aromatic rings. The maximum Gasteiger partial charge on any atom is 0.339 e. The Balaban J connectivity index is 0.000000240. The van der Waals surface area contributed by atoms with E-state index in [1.165, 1.54) is 20.3 Å². The molecule has 2 rings (SSSR count). The molecule has 0 atom stereocenters. The Labute approximate surface area is 160 Å². The van der Waals surface area contributed by atoms with E-state index in [1.807, 2.05) is 0 Å². The molecule has 2 aromatic carbocycles. The molecule has 0 unspecified atom stereocenters. The van der Waals surface area contributed by atoms with Crippen molar-refractivity contribution in [1.82, 2.24) is 0 Å². The lowest BCUT2D eigenvalue weighted by Crippen LogP contribution is -1.99. The van der Waals surface area contributed by atoms with Crippen LogP contribution in [-0.4, -0.2) is 30.5 Å². The van der Waals surface area contributed by atoms with Gasteiger partial charge in [-0.1, -0.05) is 31.9 Å². The molecule has 5 nitrogen and oxygen atoms in total. The Kier molecular flexibility index (Phi) is 8.24. The van der Waals surface area contributed by atoms with Crippen molar-refractivity contribution in [1.29, 1.82) is 0 Å². The normalized spacial score (nSPS) is 9.54. The van der Waals surface area contributed by atoms with Crippen LogP contribution in [0.1, 0.15) is 20.7 Å². The van der Waals surface area contributed by atoms with E-state index in [2.05, 4.69) is 31.9 Å². The van der Waals surface area contributed by atoms with E-state index in [9.17, 15) is 9.59 Å². The largest absolute Gasteiger partial charge is 0.496 e. The van der Waals surface area contributed by atoms with Gasteiger partial charge in [-0.15, -0.1) is 0 Å². The minimum Gasteiger partial charge on any atom is -0.496 e. The van der Waals surface area contributed by atoms with Crippen LogP contribution in [0.4, 0.5) is 0 Å². The Morgan fingerprint density at radius 1 is 0.917 bits per heavy atom. The minimum atomic E-state index is -0.987. The first-order chi connectivity index (χ1) is 11.3. The molecule has 8 heteroatoms. The van der Waals surface area contributed by atoms with Crippen molar-refractivity contribution in [3.63, 3.8) is 0 Å². The Hall–Kier alpha value is -1.57. The Morgan fingerprint density at radius 3 is 1.71 bits per heavy atom. The maximum absolute atomic E-state index is 10.8. The van der Waals surface area contributed by atoms with Crippen molar-refractivity contribution in [2.24, 2.45) is 0 Å². The zero-order valence-electron chi connectivity index (χ0n) is 12.7. The molecule has 0 aliphatic carbocycles. The third-order valence-electron chi connectivity index (χ3n) is 2.77. The fraction of sp³-hybridized carbons (Fsp3) is 0.125. The molecular formula is C16H13Br2ClO5. The van der Waals surface area contributed by atoms with Crippen molar-refractivity contribution < 1.29 is 24.2 Å². The number of aromatic carboxylic acids is 1. The number of ether oxygens (including phenoxy) is 2. The van der Waals surface area contributed by atoms with Gasteiger partial charge in [-0.3, -0.25) is 4.79 Å². The molecule has 1 N–H and O–H groups in total. The summed E-state index contributed by atoms with van der Waals surface area (Å²) in [6.45, 7) is 0. The molecule has 0 aromatic heterocycles. The molecule has 0 bridgehead atoms. The molecule has 0 spiro atoms. The number of carboxylic acids is 1. The van der Waals surface area contributed by atoms with Crippen molar-refractivity contribution in [3.8, 4) is 11.5 Å². The lowest BCUT2D eigenvalue weighted by molar-refractivity contribution is 0.0693. The van der Waals surface area contributed by atoms with Crippen LogP contribution in [0.25, 0.3) is 0 Å². The maximum atomic E-state index is 10.8. The first-order valence-corrected chi connectivity index (χ1v) is 8.36. The number of methoxy groups -OCH3 is 2. The average Bonchev–Trinajstić information content (AvgIpc) is 2.54. The number of benzene rings is 2. The van der Waals surface area contributed by atoms with Crippen LogP contribution in [0.2, 0.25) is 0 Å². The predicted molar refractivity (Wildman–Crippen MR) is 98.5 cm³/mol. The number of carbonyl (C=O) groups is 2. The van der Waals surface area contributed by atoms with Crippen molar-refractivity contribution in [2.75, 3.05) is 14.2 Å². The molecule has 0 saturated heterocycles. The van der Waals surface area contributed by atoms with E-state index < -0.39 is 11.2 Å². The summed E-state index contributed by atoms with van der Waals surface area (Å²) in [7, 11) is 2.93. The van der Waals surface area contributed by atoms with Gasteiger partial charge in [0.25, 0.3) is 5.24 Å². The topological polar surface area (TPSA) is 72.8 Å². The van der Waals surface area contributed by atoms with Crippen LogP contribution in [0.15, 0.2) is 45.3 Å². The van der Waals surface area contributed by atoms with E-state index in [1.54, 1.807) is 30.3 Å². The molecule has 24 heavy (non-hydrogen) atoms. The van der Waals surface area contributed by atoms with Gasteiger partial charge in [0.1, 0.15) is 17.1 Å². The number of hydrogen-bond acceptors (Lipinski definition) is 4. The van der Waals surface area contributed by atoms with Gasteiger partial charge >= 0.3 is 5.97 Å². The molecule has 0 saturated carbocycles. The second-order valence-corrected chi connectivity index (χ2v) is 6.44. The second-order valence-electron chi connectivity index (χ2n) is 4.27. The minimum absolute atomic E-state index is 0.167. The van der Waals surface area contributed by atoms with Gasteiger partial charge in [0.2, 0.25) is 0 Å². The molecule has 0 fully saturated rings. The van der Waals surface area contributed by atoms with Crippen LogP contribution in [0, 0.1) is 0 Å². The first kappa shape index (κ1) is 20.5. The van der Waals surface area contributed by atoms with Crippen LogP contribution < -0.4 is 9.47 Å². The number of carbonyl (C=O) groups excluding carboxylic acids is 1. The van der Waals surface area contributed by atoms with Gasteiger partial charge in [0, 0.05) is 8.95 Å². The zero-order chi connectivity index (χ0) is 18.3. The number of rotatable bonds is 4. The number of halogens is 3. The average molecular weight is 481 g/mol. The molecular weight excluding hydrogens is 467 g/mol. The lowest BCUT2D eigenvalue weighted by atomic mass is 10.2. The zero-order valence-corrected chi connectivity index (χ0v) is 16.6. The first-order valence-electron chi connectivity index (χ1n) is 6.40. The SMILES string of the molecule is COc1cc(Br)ccc1C(=O)Cl.COc1cc(Br)ccc1C(=O)O. The van der Waals surface area contributed by atoms with Gasteiger partial charge in [0.05, 0.1) is 19.8 Å². The molecule has 0 heterocycles. The summed E-state index contributed by atoms with van der Waals surface area (Å²) in [5, 5.41) is 8.18. The molecule has 128 valence electrons. The van der Waals surface area contributed by atoms with Crippen molar-refractivity contribution in [2.45, 2.75) is 0 Å². The van der Waals surface area contributed by atoms with E-state index in [4.69, 9.17) is 26.2 Å². The highest BCUT2D eigenvalue weighted by molar-refractivity contribution is 9.10. The molecule has 0 aliphatic heterocycles. The quantitative estimate of drug-likeness (QED) is 0.624. The van der Waals surface area contributed by atoms with Gasteiger partial charge < -0.3 is 14.6 Å². The summed E-state index contributed by atoms with van der Waals surface area (Å²) in [6.07, 6.45) is 0. The lowest BCUT2D eigenvalue weighted by Gasteiger charge is -2.03. The van der Waals surface area contributed by atoms with Crippen LogP contribution in [0.5, 0.6) is 11.5 Å². The fourth-order valence-corrected chi connectivity index (χ4v) is 2.51. The Bertz CT molecular complexity index is 686. The van der Waals surface area contributed by atoms with E-state index in [0.29, 0.717) is 17.1 Å². The van der Waals surface area contributed by atoms with E-state index in [-0.39, 0.29) is 5.56 Å². The van der Waals surface area contributed by atoms with Crippen LogP contribution in [0.3, 0.4) is 0 Å². The number of carboxylic acid groups (broad SMARTS) is 1. The highest BCUT2D eigenvalue weighted by atomic mass is 79.9. The van der Waals surface area contributed by atoms with Gasteiger partial charge in [-0.05, 0) is 48.0 Å². The molecule has 0 amide bonds. The van der Waals surface area contributed by atoms with E-state index >= 15 is 0 Å². The van der Waals surface area contributed by atoms with Crippen LogP contribution >= 0.6 is 43.5 Å². The summed E-state index contributed by atoms with van der Waals surface area (Å²) in [4.78, 5) is 21.4. The van der Waals surface area contributed by atoms with Crippen molar-refractivity contribution >= 4 is 54.7 Å². The fourth-order valence-electron chi connectivity index (χ4n) is 1.67. The van der Waals surface area contributed by atoms with Crippen molar-refractivity contribution in [3.05, 3.63) is 56.5 Å². The van der Waals surface area contributed by atoms with E-state index in [0.717, 1.165) is 8.95 Å². The van der Waals surface area contributed by atoms with Gasteiger partial charge in [-0.25, -0.2) is 4.79 Å². The second kappa shape index (κ2) is 9.66. The van der Waals surface area contributed by atoms with Crippen LogP contribution in [-0.2, 0) is 0 Å². The summed E-state index contributed by atoms with van der Waals surface area (Å²) in [5.41, 5.74) is 0.545. The standard InChI is InChI=1S/C8H6BrClO2.C8H7BrO3/c2*1-12-7-4-5(9)2-3-6(7)8(10)11/h2-4H,1H3;2-4H,1H3,(H,10,11). The monoisotopic (exact) mass is 478 g/mol. The van der Waals surface area contributed by atoms with Gasteiger partial charge in [0.15, 0.2) is 0 Å². The summed E-state index contributed by atoms with van der Waals surface area (Å²) < 4.78 is 11.5. The third kappa shape index (κ3) is 5.81. The smallest absolute Gasteiger partial charge is 0.339 e. The number of hydrogen-bond donors (Lipinski definition) is 1. The predicted octanol–water partition coefficient (Wildman–Crippen LogP) is 4.99. The molecule has 0 aliphatic rings. The summed E-state index contributed by atoms with van der Waals surface area (Å²) in [5.74, 6) is -0.152. The third-order valence-corrected chi connectivity index (χ3v) is 3.96.